The summed E-state index contributed by atoms with van der Waals surface area (Å²) >= 11 is 0. The topological polar surface area (TPSA) is 80.5 Å². The maximum atomic E-state index is 11.6. The number of hydrogen-bond acceptors (Lipinski definition) is 5. The zero-order valence-corrected chi connectivity index (χ0v) is 15.4. The highest BCUT2D eigenvalue weighted by Gasteiger charge is 2.26. The SMILES string of the molecule is CC(C)CCC1CCN(c2ccc(S(C)(=O)=O)cc2[N+](=O)[O-])CC1. The molecule has 134 valence electrons. The molecule has 6 nitrogen and oxygen atoms in total. The summed E-state index contributed by atoms with van der Waals surface area (Å²) in [5.41, 5.74) is 0.397. The molecule has 0 amide bonds. The molecule has 1 aromatic rings. The monoisotopic (exact) mass is 354 g/mol. The Labute approximate surface area is 143 Å². The van der Waals surface area contributed by atoms with E-state index in [1.54, 1.807) is 6.07 Å². The first-order chi connectivity index (χ1) is 11.2. The Balaban J connectivity index is 2.14. The first kappa shape index (κ1) is 18.7. The summed E-state index contributed by atoms with van der Waals surface area (Å²) in [7, 11) is -3.45. The average Bonchev–Trinajstić information content (AvgIpc) is 2.52. The highest BCUT2D eigenvalue weighted by atomic mass is 32.2. The Morgan fingerprint density at radius 3 is 2.42 bits per heavy atom. The van der Waals surface area contributed by atoms with E-state index in [9.17, 15) is 18.5 Å². The average molecular weight is 354 g/mol. The van der Waals surface area contributed by atoms with Crippen LogP contribution >= 0.6 is 0 Å². The van der Waals surface area contributed by atoms with Crippen LogP contribution in [-0.2, 0) is 9.84 Å². The molecule has 7 heteroatoms. The van der Waals surface area contributed by atoms with Crippen LogP contribution < -0.4 is 4.90 Å². The van der Waals surface area contributed by atoms with Gasteiger partial charge in [-0.3, -0.25) is 10.1 Å². The van der Waals surface area contributed by atoms with Crippen LogP contribution in [0, 0.1) is 22.0 Å². The minimum absolute atomic E-state index is 0.00947. The molecule has 0 aromatic heterocycles. The molecule has 1 heterocycles. The number of nitrogens with zero attached hydrogens (tertiary/aromatic N) is 2. The summed E-state index contributed by atoms with van der Waals surface area (Å²) < 4.78 is 23.3. The number of hydrogen-bond donors (Lipinski definition) is 0. The van der Waals surface area contributed by atoms with Gasteiger partial charge in [-0.05, 0) is 36.8 Å². The summed E-state index contributed by atoms with van der Waals surface area (Å²) in [6.07, 6.45) is 5.54. The van der Waals surface area contributed by atoms with Crippen LogP contribution in [0.2, 0.25) is 0 Å². The van der Waals surface area contributed by atoms with E-state index in [-0.39, 0.29) is 10.6 Å². The molecule has 0 spiro atoms. The van der Waals surface area contributed by atoms with Crippen molar-refractivity contribution >= 4 is 21.2 Å². The van der Waals surface area contributed by atoms with Gasteiger partial charge in [-0.25, -0.2) is 8.42 Å². The molecule has 0 aliphatic carbocycles. The number of anilines is 1. The first-order valence-electron chi connectivity index (χ1n) is 8.42. The van der Waals surface area contributed by atoms with Gasteiger partial charge in [0.15, 0.2) is 9.84 Å². The van der Waals surface area contributed by atoms with Crippen LogP contribution in [0.3, 0.4) is 0 Å². The fourth-order valence-corrected chi connectivity index (χ4v) is 3.82. The number of nitro groups is 1. The van der Waals surface area contributed by atoms with E-state index in [0.29, 0.717) is 17.5 Å². The highest BCUT2D eigenvalue weighted by Crippen LogP contribution is 2.34. The zero-order chi connectivity index (χ0) is 17.9. The van der Waals surface area contributed by atoms with E-state index < -0.39 is 14.8 Å². The fourth-order valence-electron chi connectivity index (χ4n) is 3.18. The van der Waals surface area contributed by atoms with E-state index in [1.807, 2.05) is 4.90 Å². The third-order valence-electron chi connectivity index (χ3n) is 4.68. The number of sulfone groups is 1. The lowest BCUT2D eigenvalue weighted by molar-refractivity contribution is -0.384. The van der Waals surface area contributed by atoms with Gasteiger partial charge in [0.05, 0.1) is 9.82 Å². The molecule has 0 radical (unpaired) electrons. The van der Waals surface area contributed by atoms with E-state index >= 15 is 0 Å². The minimum atomic E-state index is -3.45. The summed E-state index contributed by atoms with van der Waals surface area (Å²) in [4.78, 5) is 12.9. The highest BCUT2D eigenvalue weighted by molar-refractivity contribution is 7.90. The lowest BCUT2D eigenvalue weighted by Gasteiger charge is -2.33. The molecule has 2 rings (SSSR count). The van der Waals surface area contributed by atoms with Crippen molar-refractivity contribution in [3.63, 3.8) is 0 Å². The van der Waals surface area contributed by atoms with E-state index in [1.165, 1.54) is 25.0 Å². The molecular formula is C17H26N2O4S. The van der Waals surface area contributed by atoms with Gasteiger partial charge in [-0.2, -0.15) is 0 Å². The number of benzene rings is 1. The van der Waals surface area contributed by atoms with Gasteiger partial charge < -0.3 is 4.90 Å². The van der Waals surface area contributed by atoms with Crippen LogP contribution in [0.1, 0.15) is 39.5 Å². The first-order valence-corrected chi connectivity index (χ1v) is 10.3. The summed E-state index contributed by atoms with van der Waals surface area (Å²) in [5.74, 6) is 1.38. The predicted molar refractivity (Wildman–Crippen MR) is 95.2 cm³/mol. The van der Waals surface area contributed by atoms with Crippen LogP contribution in [0.5, 0.6) is 0 Å². The van der Waals surface area contributed by atoms with E-state index in [4.69, 9.17) is 0 Å². The second-order valence-corrected chi connectivity index (χ2v) is 9.10. The Morgan fingerprint density at radius 2 is 1.92 bits per heavy atom. The van der Waals surface area contributed by atoms with Crippen molar-refractivity contribution in [1.29, 1.82) is 0 Å². The maximum Gasteiger partial charge on any atom is 0.293 e. The zero-order valence-electron chi connectivity index (χ0n) is 14.6. The number of nitro benzene ring substituents is 1. The third-order valence-corrected chi connectivity index (χ3v) is 5.79. The normalized spacial score (nSPS) is 16.6. The van der Waals surface area contributed by atoms with Gasteiger partial charge in [-0.15, -0.1) is 0 Å². The second kappa shape index (κ2) is 7.51. The summed E-state index contributed by atoms with van der Waals surface area (Å²) in [6, 6.07) is 4.21. The van der Waals surface area contributed by atoms with Crippen molar-refractivity contribution in [2.75, 3.05) is 24.2 Å². The van der Waals surface area contributed by atoms with Crippen LogP contribution in [-0.4, -0.2) is 32.7 Å². The van der Waals surface area contributed by atoms with Gasteiger partial charge in [0, 0.05) is 25.4 Å². The molecular weight excluding hydrogens is 328 g/mol. The van der Waals surface area contributed by atoms with Gasteiger partial charge in [0.2, 0.25) is 0 Å². The molecule has 0 atom stereocenters. The summed E-state index contributed by atoms with van der Waals surface area (Å²) in [6.45, 7) is 6.01. The Hall–Kier alpha value is -1.63. The van der Waals surface area contributed by atoms with Crippen molar-refractivity contribution in [2.24, 2.45) is 11.8 Å². The standard InChI is InChI=1S/C17H26N2O4S/c1-13(2)4-5-14-8-10-18(11-9-14)16-7-6-15(24(3,22)23)12-17(16)19(20)21/h6-7,12-14H,4-5,8-11H2,1-3H3. The van der Waals surface area contributed by atoms with Gasteiger partial charge in [0.1, 0.15) is 5.69 Å². The van der Waals surface area contributed by atoms with Gasteiger partial charge in [0.25, 0.3) is 5.69 Å². The summed E-state index contributed by atoms with van der Waals surface area (Å²) in [5, 5.41) is 11.4. The molecule has 1 aliphatic rings. The quantitative estimate of drug-likeness (QED) is 0.575. The molecule has 24 heavy (non-hydrogen) atoms. The maximum absolute atomic E-state index is 11.6. The minimum Gasteiger partial charge on any atom is -0.366 e. The van der Waals surface area contributed by atoms with Crippen LogP contribution in [0.4, 0.5) is 11.4 Å². The molecule has 0 unspecified atom stereocenters. The van der Waals surface area contributed by atoms with Crippen molar-refractivity contribution in [3.8, 4) is 0 Å². The van der Waals surface area contributed by atoms with Crippen molar-refractivity contribution < 1.29 is 13.3 Å². The number of rotatable bonds is 6. The van der Waals surface area contributed by atoms with E-state index in [0.717, 1.165) is 32.2 Å². The van der Waals surface area contributed by atoms with Crippen LogP contribution in [0.25, 0.3) is 0 Å². The molecule has 1 aromatic carbocycles. The lowest BCUT2D eigenvalue weighted by atomic mass is 9.89. The molecule has 1 aliphatic heterocycles. The second-order valence-electron chi connectivity index (χ2n) is 7.08. The molecule has 0 saturated carbocycles. The Morgan fingerprint density at radius 1 is 1.29 bits per heavy atom. The largest absolute Gasteiger partial charge is 0.366 e. The van der Waals surface area contributed by atoms with Crippen molar-refractivity contribution in [3.05, 3.63) is 28.3 Å². The lowest BCUT2D eigenvalue weighted by Crippen LogP contribution is -2.34. The van der Waals surface area contributed by atoms with Gasteiger partial charge in [-0.1, -0.05) is 26.7 Å². The molecule has 1 saturated heterocycles. The van der Waals surface area contributed by atoms with Crippen molar-refractivity contribution in [2.45, 2.75) is 44.4 Å². The molecule has 1 fully saturated rings. The molecule has 0 bridgehead atoms. The van der Waals surface area contributed by atoms with Crippen molar-refractivity contribution in [1.82, 2.24) is 0 Å². The Kier molecular flexibility index (Phi) is 5.85. The smallest absolute Gasteiger partial charge is 0.293 e. The fraction of sp³-hybridized carbons (Fsp3) is 0.647. The third kappa shape index (κ3) is 4.69. The van der Waals surface area contributed by atoms with Crippen LogP contribution in [0.15, 0.2) is 23.1 Å². The Bertz CT molecular complexity index is 693. The van der Waals surface area contributed by atoms with E-state index in [2.05, 4.69) is 13.8 Å². The predicted octanol–water partition coefficient (Wildman–Crippen LogP) is 3.65. The molecule has 0 N–H and O–H groups in total. The van der Waals surface area contributed by atoms with Gasteiger partial charge >= 0.3 is 0 Å². The number of piperidine rings is 1.